The van der Waals surface area contributed by atoms with E-state index in [1.54, 1.807) is 0 Å². The molecule has 0 saturated carbocycles. The maximum Gasteiger partial charge on any atom is 0.117 e. The Bertz CT molecular complexity index is 26.7. The summed E-state index contributed by atoms with van der Waals surface area (Å²) in [7, 11) is 0. The molecule has 0 bridgehead atoms. The first-order valence-corrected chi connectivity index (χ1v) is 2.00. The minimum Gasteiger partial charge on any atom is -0.295 e. The van der Waals surface area contributed by atoms with Gasteiger partial charge in [-0.2, -0.15) is 0 Å². The van der Waals surface area contributed by atoms with Gasteiger partial charge < -0.3 is 0 Å². The molecule has 0 aromatic carbocycles. The van der Waals surface area contributed by atoms with Gasteiger partial charge in [-0.25, -0.2) is 5.90 Å². The third-order valence-electron chi connectivity index (χ3n) is 0.699. The number of hydrogen-bond acceptors (Lipinski definition) is 2. The van der Waals surface area contributed by atoms with Crippen LogP contribution in [0.15, 0.2) is 0 Å². The van der Waals surface area contributed by atoms with Crippen LogP contribution in [-0.2, 0) is 4.84 Å². The van der Waals surface area contributed by atoms with Crippen LogP contribution in [0.5, 0.6) is 0 Å². The van der Waals surface area contributed by atoms with Gasteiger partial charge >= 0.3 is 0 Å². The lowest BCUT2D eigenvalue weighted by atomic mass is 10.3. The lowest BCUT2D eigenvalue weighted by molar-refractivity contribution is 0.148. The van der Waals surface area contributed by atoms with Crippen LogP contribution >= 0.6 is 0 Å². The number of nitrogens with two attached hydrogens (primary N) is 1. The molecule has 6 heavy (non-hydrogen) atoms. The van der Waals surface area contributed by atoms with Crippen molar-refractivity contribution in [1.82, 2.24) is 0 Å². The Morgan fingerprint density at radius 2 is 2.33 bits per heavy atom. The third-order valence-corrected chi connectivity index (χ3v) is 0.699. The Kier molecular flexibility index (Phi) is 3.08. The van der Waals surface area contributed by atoms with Crippen LogP contribution in [0.25, 0.3) is 0 Å². The van der Waals surface area contributed by atoms with Crippen LogP contribution < -0.4 is 5.90 Å². The lowest BCUT2D eigenvalue weighted by Crippen LogP contribution is -2.02. The highest BCUT2D eigenvalue weighted by molar-refractivity contribution is 4.64. The molecule has 0 fully saturated rings. The molecule has 1 radical (unpaired) electrons. The van der Waals surface area contributed by atoms with Gasteiger partial charge in [-0.15, -0.1) is 0 Å². The second kappa shape index (κ2) is 3.12. The SMILES string of the molecule is CC[C](C)ON. The summed E-state index contributed by atoms with van der Waals surface area (Å²) in [6, 6.07) is 0. The second-order valence-corrected chi connectivity index (χ2v) is 1.17. The third kappa shape index (κ3) is 2.18. The van der Waals surface area contributed by atoms with Crippen molar-refractivity contribution >= 4 is 0 Å². The van der Waals surface area contributed by atoms with Crippen LogP contribution in [0.4, 0.5) is 0 Å². The van der Waals surface area contributed by atoms with E-state index in [-0.39, 0.29) is 0 Å². The summed E-state index contributed by atoms with van der Waals surface area (Å²) in [5.41, 5.74) is 0. The monoisotopic (exact) mass is 88.1 g/mol. The summed E-state index contributed by atoms with van der Waals surface area (Å²) >= 11 is 0. The predicted octanol–water partition coefficient (Wildman–Crippen LogP) is 0.839. The van der Waals surface area contributed by atoms with Crippen molar-refractivity contribution in [1.29, 1.82) is 0 Å². The fourth-order valence-electron chi connectivity index (χ4n) is 0.0833. The van der Waals surface area contributed by atoms with E-state index in [0.29, 0.717) is 0 Å². The molecule has 0 spiro atoms. The summed E-state index contributed by atoms with van der Waals surface area (Å²) in [5, 5.41) is 0. The Balaban J connectivity index is 2.75. The molecule has 0 aromatic heterocycles. The van der Waals surface area contributed by atoms with Crippen molar-refractivity contribution in [3.8, 4) is 0 Å². The zero-order chi connectivity index (χ0) is 4.99. The van der Waals surface area contributed by atoms with E-state index in [4.69, 9.17) is 5.90 Å². The molecular weight excluding hydrogens is 78.0 g/mol. The predicted molar refractivity (Wildman–Crippen MR) is 24.5 cm³/mol. The first-order chi connectivity index (χ1) is 2.81. The second-order valence-electron chi connectivity index (χ2n) is 1.17. The highest BCUT2D eigenvalue weighted by Gasteiger charge is 1.91. The van der Waals surface area contributed by atoms with E-state index in [9.17, 15) is 0 Å². The fourth-order valence-corrected chi connectivity index (χ4v) is 0.0833. The summed E-state index contributed by atoms with van der Waals surface area (Å²) in [5.74, 6) is 4.75. The van der Waals surface area contributed by atoms with Crippen molar-refractivity contribution in [3.63, 3.8) is 0 Å². The van der Waals surface area contributed by atoms with E-state index in [1.807, 2.05) is 13.8 Å². The molecule has 0 aromatic rings. The molecule has 0 rings (SSSR count). The first-order valence-electron chi connectivity index (χ1n) is 2.00. The van der Waals surface area contributed by atoms with Gasteiger partial charge in [0, 0.05) is 0 Å². The summed E-state index contributed by atoms with van der Waals surface area (Å²) in [6.07, 6.45) is 1.77. The van der Waals surface area contributed by atoms with Crippen LogP contribution in [-0.4, -0.2) is 0 Å². The molecular formula is C4H10NO. The number of rotatable bonds is 2. The molecule has 37 valence electrons. The van der Waals surface area contributed by atoms with Gasteiger partial charge in [-0.05, 0) is 13.3 Å². The first kappa shape index (κ1) is 5.92. The van der Waals surface area contributed by atoms with Crippen LogP contribution in [0.3, 0.4) is 0 Å². The van der Waals surface area contributed by atoms with Gasteiger partial charge in [-0.3, -0.25) is 4.84 Å². The van der Waals surface area contributed by atoms with Gasteiger partial charge in [0.15, 0.2) is 0 Å². The highest BCUT2D eigenvalue weighted by atomic mass is 16.6. The summed E-state index contributed by atoms with van der Waals surface area (Å²) in [4.78, 5) is 4.32. The topological polar surface area (TPSA) is 35.2 Å². The maximum atomic E-state index is 4.75. The molecule has 0 saturated heterocycles. The largest absolute Gasteiger partial charge is 0.295 e. The molecule has 2 N–H and O–H groups in total. The van der Waals surface area contributed by atoms with Crippen LogP contribution in [0.1, 0.15) is 20.3 Å². The van der Waals surface area contributed by atoms with Crippen molar-refractivity contribution in [3.05, 3.63) is 6.10 Å². The molecule has 0 atom stereocenters. The summed E-state index contributed by atoms with van der Waals surface area (Å²) in [6.45, 7) is 3.84. The molecule has 2 heteroatoms. The molecule has 0 unspecified atom stereocenters. The molecule has 0 aliphatic carbocycles. The fraction of sp³-hybridized carbons (Fsp3) is 0.750. The number of hydrogen-bond donors (Lipinski definition) is 1. The van der Waals surface area contributed by atoms with E-state index >= 15 is 0 Å². The molecule has 2 nitrogen and oxygen atoms in total. The average molecular weight is 88.1 g/mol. The molecule has 0 aliphatic rings. The smallest absolute Gasteiger partial charge is 0.117 e. The maximum absolute atomic E-state index is 4.75. The zero-order valence-corrected chi connectivity index (χ0v) is 4.19. The Labute approximate surface area is 38.2 Å². The standard InChI is InChI=1S/C4H10NO/c1-3-4(2)6-5/h3,5H2,1-2H3. The van der Waals surface area contributed by atoms with Crippen molar-refractivity contribution in [2.45, 2.75) is 20.3 Å². The van der Waals surface area contributed by atoms with Gasteiger partial charge in [0.25, 0.3) is 0 Å². The van der Waals surface area contributed by atoms with E-state index in [1.165, 1.54) is 0 Å². The van der Waals surface area contributed by atoms with Crippen LogP contribution in [0, 0.1) is 6.10 Å². The minimum atomic E-state index is 0.870. The molecule has 0 aliphatic heterocycles. The Hall–Kier alpha value is -0.0800. The van der Waals surface area contributed by atoms with E-state index in [2.05, 4.69) is 4.84 Å². The normalized spacial score (nSPS) is 10.0. The highest BCUT2D eigenvalue weighted by Crippen LogP contribution is 1.98. The molecule has 0 amide bonds. The Morgan fingerprint density at radius 1 is 1.83 bits per heavy atom. The quantitative estimate of drug-likeness (QED) is 0.507. The van der Waals surface area contributed by atoms with Gasteiger partial charge in [0.05, 0.1) is 0 Å². The van der Waals surface area contributed by atoms with Crippen molar-refractivity contribution in [2.24, 2.45) is 5.90 Å². The van der Waals surface area contributed by atoms with Crippen molar-refractivity contribution < 1.29 is 4.84 Å². The average Bonchev–Trinajstić information content (AvgIpc) is 1.65. The minimum absolute atomic E-state index is 0.870. The van der Waals surface area contributed by atoms with Crippen LogP contribution in [0.2, 0.25) is 0 Å². The van der Waals surface area contributed by atoms with Gasteiger partial charge in [0.1, 0.15) is 6.10 Å². The van der Waals surface area contributed by atoms with Crippen molar-refractivity contribution in [2.75, 3.05) is 0 Å². The lowest BCUT2D eigenvalue weighted by Gasteiger charge is -1.98. The Morgan fingerprint density at radius 3 is 2.33 bits per heavy atom. The molecule has 0 heterocycles. The summed E-state index contributed by atoms with van der Waals surface area (Å²) < 4.78 is 0. The zero-order valence-electron chi connectivity index (χ0n) is 4.19. The van der Waals surface area contributed by atoms with E-state index < -0.39 is 0 Å². The van der Waals surface area contributed by atoms with E-state index in [0.717, 1.165) is 12.5 Å². The van der Waals surface area contributed by atoms with Gasteiger partial charge in [0.2, 0.25) is 0 Å². The van der Waals surface area contributed by atoms with Gasteiger partial charge in [-0.1, -0.05) is 6.92 Å².